The van der Waals surface area contributed by atoms with Crippen LogP contribution in [-0.4, -0.2) is 30.1 Å². The number of aromatic nitrogens is 1. The van der Waals surface area contributed by atoms with E-state index in [1.807, 2.05) is 12.1 Å². The first-order valence-electron chi connectivity index (χ1n) is 4.56. The Bertz CT molecular complexity index is 338. The molecular formula is C10H13N3O2. The molecule has 0 aromatic carbocycles. The highest BCUT2D eigenvalue weighted by atomic mass is 16.6. The summed E-state index contributed by atoms with van der Waals surface area (Å²) in [7, 11) is 1.50. The second-order valence-electron chi connectivity index (χ2n) is 2.76. The van der Waals surface area contributed by atoms with E-state index in [0.29, 0.717) is 6.42 Å². The number of nitrogens with zero attached hydrogens (tertiary/aromatic N) is 2. The molecule has 1 aliphatic rings. The fourth-order valence-corrected chi connectivity index (χ4v) is 1.17. The van der Waals surface area contributed by atoms with Gasteiger partial charge in [-0.3, -0.25) is 9.78 Å². The lowest BCUT2D eigenvalue weighted by Gasteiger charge is -1.96. The molecule has 0 bridgehead atoms. The Kier molecular flexibility index (Phi) is 4.43. The first kappa shape index (κ1) is 11.3. The van der Waals surface area contributed by atoms with E-state index in [0.717, 1.165) is 17.6 Å². The molecule has 5 heteroatoms. The summed E-state index contributed by atoms with van der Waals surface area (Å²) in [5.74, 6) is 0. The lowest BCUT2D eigenvalue weighted by Crippen LogP contribution is -2.09. The molecule has 0 amide bonds. The zero-order chi connectivity index (χ0) is 11.1. The third-order valence-electron chi connectivity index (χ3n) is 1.84. The number of rotatable bonds is 2. The molecule has 0 aliphatic carbocycles. The summed E-state index contributed by atoms with van der Waals surface area (Å²) >= 11 is 0. The van der Waals surface area contributed by atoms with Crippen LogP contribution >= 0.6 is 0 Å². The summed E-state index contributed by atoms with van der Waals surface area (Å²) in [6.07, 6.45) is 4.27. The summed E-state index contributed by atoms with van der Waals surface area (Å²) in [5, 5.41) is 3.80. The molecule has 1 unspecified atom stereocenters. The molecule has 2 N–H and O–H groups in total. The third kappa shape index (κ3) is 2.85. The molecule has 0 radical (unpaired) electrons. The average Bonchev–Trinajstić information content (AvgIpc) is 2.81. The van der Waals surface area contributed by atoms with Gasteiger partial charge in [0.25, 0.3) is 0 Å². The minimum atomic E-state index is -0.421. The molecule has 1 aliphatic heterocycles. The van der Waals surface area contributed by atoms with E-state index in [9.17, 15) is 4.79 Å². The highest BCUT2D eigenvalue weighted by Gasteiger charge is 2.20. The van der Waals surface area contributed by atoms with Gasteiger partial charge in [-0.15, -0.1) is 0 Å². The van der Waals surface area contributed by atoms with E-state index in [1.54, 1.807) is 12.4 Å². The van der Waals surface area contributed by atoms with Gasteiger partial charge in [0.1, 0.15) is 0 Å². The van der Waals surface area contributed by atoms with Crippen molar-refractivity contribution in [3.8, 4) is 0 Å². The van der Waals surface area contributed by atoms with E-state index >= 15 is 0 Å². The second-order valence-corrected chi connectivity index (χ2v) is 2.76. The highest BCUT2D eigenvalue weighted by Crippen LogP contribution is 2.13. The van der Waals surface area contributed by atoms with Crippen molar-refractivity contribution in [1.82, 2.24) is 4.98 Å². The van der Waals surface area contributed by atoms with Gasteiger partial charge in [0, 0.05) is 24.4 Å². The van der Waals surface area contributed by atoms with Gasteiger partial charge >= 0.3 is 0 Å². The zero-order valence-corrected chi connectivity index (χ0v) is 8.46. The van der Waals surface area contributed by atoms with Crippen LogP contribution in [0.4, 0.5) is 0 Å². The molecule has 0 fully saturated rings. The molecule has 0 spiro atoms. The first-order chi connectivity index (χ1) is 7.40. The Hall–Kier alpha value is -1.75. The molecule has 2 rings (SSSR count). The van der Waals surface area contributed by atoms with Crippen LogP contribution in [0.15, 0.2) is 29.7 Å². The fourth-order valence-electron chi connectivity index (χ4n) is 1.17. The summed E-state index contributed by atoms with van der Waals surface area (Å²) in [5.41, 5.74) is 6.19. The Morgan fingerprint density at radius 3 is 2.93 bits per heavy atom. The molecule has 0 saturated heterocycles. The normalized spacial score (nSPS) is 18.3. The SMILES string of the molecule is CN.O=CC1CC(c2cccnc2)=NO1. The quantitative estimate of drug-likeness (QED) is 0.710. The van der Waals surface area contributed by atoms with E-state index in [1.165, 1.54) is 7.05 Å². The van der Waals surface area contributed by atoms with Crippen LogP contribution < -0.4 is 5.73 Å². The summed E-state index contributed by atoms with van der Waals surface area (Å²) in [6, 6.07) is 3.72. The highest BCUT2D eigenvalue weighted by molar-refractivity contribution is 6.02. The Labute approximate surface area is 87.9 Å². The summed E-state index contributed by atoms with van der Waals surface area (Å²) < 4.78 is 0. The number of aldehydes is 1. The van der Waals surface area contributed by atoms with Crippen LogP contribution in [0.1, 0.15) is 12.0 Å². The van der Waals surface area contributed by atoms with Crippen LogP contribution in [0.2, 0.25) is 0 Å². The van der Waals surface area contributed by atoms with Crippen LogP contribution in [0.3, 0.4) is 0 Å². The zero-order valence-electron chi connectivity index (χ0n) is 8.46. The predicted molar refractivity (Wildman–Crippen MR) is 56.4 cm³/mol. The predicted octanol–water partition coefficient (Wildman–Crippen LogP) is 0.348. The Morgan fingerprint density at radius 2 is 2.40 bits per heavy atom. The van der Waals surface area contributed by atoms with Crippen molar-refractivity contribution < 1.29 is 9.63 Å². The third-order valence-corrected chi connectivity index (χ3v) is 1.84. The first-order valence-corrected chi connectivity index (χ1v) is 4.56. The number of hydrogen-bond acceptors (Lipinski definition) is 5. The summed E-state index contributed by atoms with van der Waals surface area (Å²) in [6.45, 7) is 0. The number of oxime groups is 1. The minimum Gasteiger partial charge on any atom is -0.384 e. The van der Waals surface area contributed by atoms with Gasteiger partial charge < -0.3 is 10.6 Å². The molecule has 0 saturated carbocycles. The van der Waals surface area contributed by atoms with E-state index in [4.69, 9.17) is 4.84 Å². The van der Waals surface area contributed by atoms with Crippen LogP contribution in [-0.2, 0) is 9.63 Å². The van der Waals surface area contributed by atoms with Gasteiger partial charge in [-0.25, -0.2) is 0 Å². The monoisotopic (exact) mass is 207 g/mol. The Morgan fingerprint density at radius 1 is 1.60 bits per heavy atom. The number of pyridine rings is 1. The molecule has 2 heterocycles. The Balaban J connectivity index is 0.000000531. The van der Waals surface area contributed by atoms with Crippen molar-refractivity contribution in [3.63, 3.8) is 0 Å². The van der Waals surface area contributed by atoms with Crippen LogP contribution in [0, 0.1) is 0 Å². The van der Waals surface area contributed by atoms with Gasteiger partial charge in [0.15, 0.2) is 12.4 Å². The molecule has 1 aromatic heterocycles. The van der Waals surface area contributed by atoms with Gasteiger partial charge in [-0.1, -0.05) is 5.16 Å². The summed E-state index contributed by atoms with van der Waals surface area (Å²) in [4.78, 5) is 19.2. The van der Waals surface area contributed by atoms with Crippen molar-refractivity contribution in [2.24, 2.45) is 10.9 Å². The number of hydrogen-bond donors (Lipinski definition) is 1. The smallest absolute Gasteiger partial charge is 0.187 e. The standard InChI is InChI=1S/C9H8N2O2.CH5N/c12-6-8-4-9(11-13-8)7-2-1-3-10-5-7;1-2/h1-3,5-6,8H,4H2;2H2,1H3. The van der Waals surface area contributed by atoms with Gasteiger partial charge in [-0.05, 0) is 19.2 Å². The maximum atomic E-state index is 10.4. The molecule has 1 atom stereocenters. The van der Waals surface area contributed by atoms with Crippen molar-refractivity contribution in [1.29, 1.82) is 0 Å². The fraction of sp³-hybridized carbons (Fsp3) is 0.300. The molecule has 5 nitrogen and oxygen atoms in total. The molecule has 80 valence electrons. The number of carbonyl (C=O) groups is 1. The molecular weight excluding hydrogens is 194 g/mol. The minimum absolute atomic E-state index is 0.421. The average molecular weight is 207 g/mol. The number of nitrogens with two attached hydrogens (primary N) is 1. The van der Waals surface area contributed by atoms with Crippen LogP contribution in [0.25, 0.3) is 0 Å². The van der Waals surface area contributed by atoms with Gasteiger partial charge in [0.2, 0.25) is 0 Å². The van der Waals surface area contributed by atoms with Gasteiger partial charge in [-0.2, -0.15) is 0 Å². The van der Waals surface area contributed by atoms with Crippen LogP contribution in [0.5, 0.6) is 0 Å². The van der Waals surface area contributed by atoms with E-state index < -0.39 is 6.10 Å². The van der Waals surface area contributed by atoms with Crippen molar-refractivity contribution >= 4 is 12.0 Å². The molecule has 15 heavy (non-hydrogen) atoms. The van der Waals surface area contributed by atoms with Crippen molar-refractivity contribution in [2.45, 2.75) is 12.5 Å². The second kappa shape index (κ2) is 5.87. The van der Waals surface area contributed by atoms with E-state index in [-0.39, 0.29) is 0 Å². The van der Waals surface area contributed by atoms with Crippen molar-refractivity contribution in [2.75, 3.05) is 7.05 Å². The maximum absolute atomic E-state index is 10.4. The maximum Gasteiger partial charge on any atom is 0.187 e. The lowest BCUT2D eigenvalue weighted by atomic mass is 10.1. The van der Waals surface area contributed by atoms with E-state index in [2.05, 4.69) is 15.9 Å². The molecule has 1 aromatic rings. The topological polar surface area (TPSA) is 77.6 Å². The largest absolute Gasteiger partial charge is 0.384 e. The lowest BCUT2D eigenvalue weighted by molar-refractivity contribution is -0.116. The van der Waals surface area contributed by atoms with Crippen molar-refractivity contribution in [3.05, 3.63) is 30.1 Å². The van der Waals surface area contributed by atoms with Gasteiger partial charge in [0.05, 0.1) is 5.71 Å². The number of carbonyl (C=O) groups excluding carboxylic acids is 1.